The predicted molar refractivity (Wildman–Crippen MR) is 108 cm³/mol. The standard InChI is InChI=1S/C19H10ClF2N5O.CH4/c20-10-7-23-19(28)15-16(9-4-5-13-14(6-9)25-8-24-13)26-27(17(10)15)18-11(21)2-1-3-12(18)22;/h1-8H,(H,23,28)(H,24,25);1H4. The van der Waals surface area contributed by atoms with Crippen molar-refractivity contribution in [3.63, 3.8) is 0 Å². The summed E-state index contributed by atoms with van der Waals surface area (Å²) in [6.07, 6.45) is 2.81. The van der Waals surface area contributed by atoms with Crippen LogP contribution in [0.15, 0.2) is 53.7 Å². The van der Waals surface area contributed by atoms with Gasteiger partial charge in [0.15, 0.2) is 11.6 Å². The zero-order chi connectivity index (χ0) is 19.4. The third kappa shape index (κ3) is 2.80. The van der Waals surface area contributed by atoms with Crippen molar-refractivity contribution < 1.29 is 8.78 Å². The molecule has 0 aliphatic heterocycles. The van der Waals surface area contributed by atoms with E-state index in [0.717, 1.165) is 27.8 Å². The lowest BCUT2D eigenvalue weighted by atomic mass is 10.1. The van der Waals surface area contributed by atoms with Gasteiger partial charge in [-0.25, -0.2) is 18.4 Å². The third-order valence-electron chi connectivity index (χ3n) is 4.51. The van der Waals surface area contributed by atoms with Crippen LogP contribution >= 0.6 is 11.6 Å². The third-order valence-corrected chi connectivity index (χ3v) is 4.80. The lowest BCUT2D eigenvalue weighted by Gasteiger charge is -2.07. The molecule has 146 valence electrons. The number of hydrogen-bond acceptors (Lipinski definition) is 3. The molecule has 0 bridgehead atoms. The van der Waals surface area contributed by atoms with Gasteiger partial charge >= 0.3 is 0 Å². The summed E-state index contributed by atoms with van der Waals surface area (Å²) in [5.41, 5.74) is 1.53. The number of rotatable bonds is 2. The molecule has 6 nitrogen and oxygen atoms in total. The molecule has 0 unspecified atom stereocenters. The molecule has 0 aliphatic rings. The van der Waals surface area contributed by atoms with Gasteiger partial charge in [-0.15, -0.1) is 0 Å². The Morgan fingerprint density at radius 1 is 1.07 bits per heavy atom. The number of fused-ring (bicyclic) bond motifs is 2. The van der Waals surface area contributed by atoms with Gasteiger partial charge < -0.3 is 9.97 Å². The predicted octanol–water partition coefficient (Wildman–Crippen LogP) is 4.82. The van der Waals surface area contributed by atoms with E-state index in [1.54, 1.807) is 24.5 Å². The maximum Gasteiger partial charge on any atom is 0.259 e. The zero-order valence-corrected chi connectivity index (χ0v) is 14.8. The smallest absolute Gasteiger partial charge is 0.259 e. The summed E-state index contributed by atoms with van der Waals surface area (Å²) >= 11 is 6.28. The summed E-state index contributed by atoms with van der Waals surface area (Å²) in [6.45, 7) is 0. The Kier molecular flexibility index (Phi) is 4.43. The number of benzene rings is 2. The minimum Gasteiger partial charge on any atom is -0.345 e. The minimum absolute atomic E-state index is 0. The van der Waals surface area contributed by atoms with Gasteiger partial charge in [0.25, 0.3) is 5.56 Å². The number of pyridine rings is 1. The molecule has 2 aromatic carbocycles. The Hall–Kier alpha value is -3.52. The number of aromatic nitrogens is 5. The van der Waals surface area contributed by atoms with E-state index in [1.807, 2.05) is 0 Å². The van der Waals surface area contributed by atoms with E-state index < -0.39 is 22.9 Å². The van der Waals surface area contributed by atoms with Crippen LogP contribution in [0, 0.1) is 11.6 Å². The van der Waals surface area contributed by atoms with Crippen molar-refractivity contribution in [2.24, 2.45) is 0 Å². The lowest BCUT2D eigenvalue weighted by Crippen LogP contribution is -2.07. The summed E-state index contributed by atoms with van der Waals surface area (Å²) in [5, 5.41) is 4.61. The van der Waals surface area contributed by atoms with E-state index >= 15 is 0 Å². The van der Waals surface area contributed by atoms with Crippen molar-refractivity contribution in [1.29, 1.82) is 0 Å². The van der Waals surface area contributed by atoms with E-state index in [1.165, 1.54) is 12.3 Å². The minimum atomic E-state index is -0.823. The molecule has 0 amide bonds. The van der Waals surface area contributed by atoms with Crippen LogP contribution in [0.3, 0.4) is 0 Å². The first-order chi connectivity index (χ1) is 13.5. The second-order valence-corrected chi connectivity index (χ2v) is 6.56. The second-order valence-electron chi connectivity index (χ2n) is 6.15. The molecule has 5 aromatic rings. The van der Waals surface area contributed by atoms with Gasteiger partial charge in [-0.3, -0.25) is 4.79 Å². The number of nitrogens with one attached hydrogen (secondary N) is 2. The summed E-state index contributed by atoms with van der Waals surface area (Å²) in [6, 6.07) is 8.72. The number of para-hydroxylation sites is 1. The largest absolute Gasteiger partial charge is 0.345 e. The molecule has 0 spiro atoms. The molecular weight excluding hydrogens is 400 g/mol. The van der Waals surface area contributed by atoms with Gasteiger partial charge in [-0.2, -0.15) is 5.10 Å². The maximum absolute atomic E-state index is 14.4. The van der Waals surface area contributed by atoms with Gasteiger partial charge in [0.05, 0.1) is 27.8 Å². The number of H-pyrrole nitrogens is 2. The number of aromatic amines is 2. The molecule has 5 rings (SSSR count). The van der Waals surface area contributed by atoms with Crippen LogP contribution < -0.4 is 5.56 Å². The summed E-state index contributed by atoms with van der Waals surface area (Å²) in [5.74, 6) is -1.65. The fourth-order valence-corrected chi connectivity index (χ4v) is 3.49. The molecule has 2 N–H and O–H groups in total. The molecule has 0 radical (unpaired) electrons. The Morgan fingerprint density at radius 2 is 1.83 bits per heavy atom. The highest BCUT2D eigenvalue weighted by Gasteiger charge is 2.23. The topological polar surface area (TPSA) is 79.4 Å². The Balaban J connectivity index is 0.00000205. The monoisotopic (exact) mass is 413 g/mol. The fraction of sp³-hybridized carbons (Fsp3) is 0.0500. The fourth-order valence-electron chi connectivity index (χ4n) is 3.26. The molecule has 9 heteroatoms. The Morgan fingerprint density at radius 3 is 2.59 bits per heavy atom. The number of nitrogens with zero attached hydrogens (tertiary/aromatic N) is 3. The first-order valence-corrected chi connectivity index (χ1v) is 8.60. The molecule has 0 atom stereocenters. The van der Waals surface area contributed by atoms with Gasteiger partial charge in [0.1, 0.15) is 16.9 Å². The van der Waals surface area contributed by atoms with Crippen LogP contribution in [0.2, 0.25) is 5.02 Å². The van der Waals surface area contributed by atoms with Gasteiger partial charge in [0, 0.05) is 11.8 Å². The molecule has 0 aliphatic carbocycles. The molecular formula is C20H14ClF2N5O. The van der Waals surface area contributed by atoms with E-state index in [9.17, 15) is 13.6 Å². The van der Waals surface area contributed by atoms with Crippen molar-refractivity contribution in [2.45, 2.75) is 7.43 Å². The van der Waals surface area contributed by atoms with Crippen LogP contribution in [0.25, 0.3) is 38.9 Å². The van der Waals surface area contributed by atoms with E-state index in [4.69, 9.17) is 11.6 Å². The van der Waals surface area contributed by atoms with Crippen LogP contribution in [0.1, 0.15) is 7.43 Å². The normalized spacial score (nSPS) is 11.1. The second kappa shape index (κ2) is 6.82. The molecule has 29 heavy (non-hydrogen) atoms. The van der Waals surface area contributed by atoms with Crippen molar-refractivity contribution in [3.8, 4) is 16.9 Å². The van der Waals surface area contributed by atoms with E-state index in [-0.39, 0.29) is 29.0 Å². The van der Waals surface area contributed by atoms with Crippen LogP contribution in [0.5, 0.6) is 0 Å². The molecule has 3 heterocycles. The summed E-state index contributed by atoms with van der Waals surface area (Å²) in [7, 11) is 0. The first kappa shape index (κ1) is 18.8. The van der Waals surface area contributed by atoms with Crippen molar-refractivity contribution in [3.05, 3.63) is 75.9 Å². The van der Waals surface area contributed by atoms with Crippen LogP contribution in [-0.4, -0.2) is 24.7 Å². The molecule has 0 saturated heterocycles. The zero-order valence-electron chi connectivity index (χ0n) is 14.0. The van der Waals surface area contributed by atoms with Gasteiger partial charge in [0.2, 0.25) is 0 Å². The van der Waals surface area contributed by atoms with Crippen molar-refractivity contribution >= 4 is 33.5 Å². The Bertz CT molecular complexity index is 1420. The average molecular weight is 414 g/mol. The molecule has 0 fully saturated rings. The number of imidazole rings is 1. The van der Waals surface area contributed by atoms with Crippen LogP contribution in [-0.2, 0) is 0 Å². The lowest BCUT2D eigenvalue weighted by molar-refractivity contribution is 0.563. The maximum atomic E-state index is 14.4. The van der Waals surface area contributed by atoms with Crippen molar-refractivity contribution in [1.82, 2.24) is 24.7 Å². The summed E-state index contributed by atoms with van der Waals surface area (Å²) in [4.78, 5) is 22.2. The number of halogens is 3. The first-order valence-electron chi connectivity index (χ1n) is 8.22. The quantitative estimate of drug-likeness (QED) is 0.435. The van der Waals surface area contributed by atoms with Crippen LogP contribution in [0.4, 0.5) is 8.78 Å². The molecule has 0 saturated carbocycles. The van der Waals surface area contributed by atoms with Gasteiger partial charge in [-0.1, -0.05) is 31.2 Å². The highest BCUT2D eigenvalue weighted by molar-refractivity contribution is 6.35. The Labute approximate surface area is 167 Å². The van der Waals surface area contributed by atoms with Crippen molar-refractivity contribution in [2.75, 3.05) is 0 Å². The van der Waals surface area contributed by atoms with Gasteiger partial charge in [-0.05, 0) is 24.3 Å². The molecule has 3 aromatic heterocycles. The van der Waals surface area contributed by atoms with E-state index in [0.29, 0.717) is 5.56 Å². The summed E-state index contributed by atoms with van der Waals surface area (Å²) < 4.78 is 29.9. The number of hydrogen-bond donors (Lipinski definition) is 2. The SMILES string of the molecule is C.O=c1[nH]cc(Cl)c2c1c(-c1ccc3nc[nH]c3c1)nn2-c1c(F)cccc1F. The van der Waals surface area contributed by atoms with E-state index in [2.05, 4.69) is 20.1 Å². The average Bonchev–Trinajstić information content (AvgIpc) is 3.29. The highest BCUT2D eigenvalue weighted by atomic mass is 35.5. The highest BCUT2D eigenvalue weighted by Crippen LogP contribution is 2.33.